The van der Waals surface area contributed by atoms with Crippen molar-refractivity contribution in [2.75, 3.05) is 19.6 Å². The van der Waals surface area contributed by atoms with Gasteiger partial charge in [-0.1, -0.05) is 0 Å². The second-order valence-corrected chi connectivity index (χ2v) is 5.61. The number of nitrogens with one attached hydrogen (secondary N) is 1. The third-order valence-electron chi connectivity index (χ3n) is 4.15. The van der Waals surface area contributed by atoms with Gasteiger partial charge >= 0.3 is 0 Å². The van der Waals surface area contributed by atoms with E-state index in [1.54, 1.807) is 0 Å². The zero-order valence-electron chi connectivity index (χ0n) is 11.0. The number of nitrogens with zero attached hydrogens (tertiary/aromatic N) is 1. The third kappa shape index (κ3) is 3.02. The van der Waals surface area contributed by atoms with Gasteiger partial charge in [0.25, 0.3) is 0 Å². The maximum absolute atomic E-state index is 12.4. The molecule has 0 bridgehead atoms. The maximum Gasteiger partial charge on any atom is 0.226 e. The van der Waals surface area contributed by atoms with Crippen LogP contribution in [0.5, 0.6) is 0 Å². The molecular weight excluding hydrogens is 230 g/mol. The number of carbonyl (C=O) groups excluding carboxylic acids is 2. The van der Waals surface area contributed by atoms with Crippen LogP contribution in [0.1, 0.15) is 32.6 Å². The summed E-state index contributed by atoms with van der Waals surface area (Å²) in [6, 6.07) is 0.508. The zero-order chi connectivity index (χ0) is 13.1. The number of piperidine rings is 2. The lowest BCUT2D eigenvalue weighted by atomic mass is 9.91. The molecule has 0 aliphatic carbocycles. The van der Waals surface area contributed by atoms with Gasteiger partial charge in [-0.05, 0) is 32.6 Å². The van der Waals surface area contributed by atoms with Crippen molar-refractivity contribution in [3.05, 3.63) is 0 Å². The Balaban J connectivity index is 1.90. The van der Waals surface area contributed by atoms with Gasteiger partial charge < -0.3 is 16.0 Å². The maximum atomic E-state index is 12.4. The van der Waals surface area contributed by atoms with Crippen molar-refractivity contribution in [2.24, 2.45) is 17.6 Å². The summed E-state index contributed by atoms with van der Waals surface area (Å²) < 4.78 is 0. The second-order valence-electron chi connectivity index (χ2n) is 5.61. The highest BCUT2D eigenvalue weighted by molar-refractivity contribution is 5.81. The highest BCUT2D eigenvalue weighted by atomic mass is 16.2. The number of hydrogen-bond acceptors (Lipinski definition) is 3. The van der Waals surface area contributed by atoms with Crippen molar-refractivity contribution in [1.82, 2.24) is 10.2 Å². The molecule has 2 amide bonds. The van der Waals surface area contributed by atoms with Gasteiger partial charge in [0.1, 0.15) is 0 Å². The van der Waals surface area contributed by atoms with Crippen LogP contribution in [-0.4, -0.2) is 42.4 Å². The lowest BCUT2D eigenvalue weighted by Crippen LogP contribution is -2.50. The minimum atomic E-state index is -0.275. The fraction of sp³-hybridized carbons (Fsp3) is 0.846. The fourth-order valence-corrected chi connectivity index (χ4v) is 2.88. The minimum Gasteiger partial charge on any atom is -0.369 e. The SMILES string of the molecule is CC1CCC(C(=O)N2CCCC(C(N)=O)C2)CN1. The van der Waals surface area contributed by atoms with E-state index < -0.39 is 0 Å². The molecule has 2 fully saturated rings. The highest BCUT2D eigenvalue weighted by Gasteiger charge is 2.32. The van der Waals surface area contributed by atoms with E-state index >= 15 is 0 Å². The molecule has 5 nitrogen and oxygen atoms in total. The molecule has 3 N–H and O–H groups in total. The van der Waals surface area contributed by atoms with E-state index in [9.17, 15) is 9.59 Å². The van der Waals surface area contributed by atoms with E-state index in [4.69, 9.17) is 5.73 Å². The van der Waals surface area contributed by atoms with Crippen molar-refractivity contribution in [3.63, 3.8) is 0 Å². The average Bonchev–Trinajstić information content (AvgIpc) is 2.39. The van der Waals surface area contributed by atoms with Crippen LogP contribution in [0, 0.1) is 11.8 Å². The number of hydrogen-bond donors (Lipinski definition) is 2. The van der Waals surface area contributed by atoms with Crippen LogP contribution >= 0.6 is 0 Å². The Morgan fingerprint density at radius 3 is 2.61 bits per heavy atom. The quantitative estimate of drug-likeness (QED) is 0.733. The van der Waals surface area contributed by atoms with E-state index in [0.29, 0.717) is 12.6 Å². The van der Waals surface area contributed by atoms with Crippen molar-refractivity contribution in [1.29, 1.82) is 0 Å². The molecule has 3 unspecified atom stereocenters. The molecule has 0 radical (unpaired) electrons. The van der Waals surface area contributed by atoms with Gasteiger partial charge in [-0.15, -0.1) is 0 Å². The summed E-state index contributed by atoms with van der Waals surface area (Å²) >= 11 is 0. The smallest absolute Gasteiger partial charge is 0.226 e. The van der Waals surface area contributed by atoms with Crippen LogP contribution in [-0.2, 0) is 9.59 Å². The summed E-state index contributed by atoms with van der Waals surface area (Å²) in [5, 5.41) is 3.35. The van der Waals surface area contributed by atoms with Crippen molar-refractivity contribution < 1.29 is 9.59 Å². The average molecular weight is 253 g/mol. The number of amides is 2. The highest BCUT2D eigenvalue weighted by Crippen LogP contribution is 2.21. The Hall–Kier alpha value is -1.10. The number of primary amides is 1. The van der Waals surface area contributed by atoms with Crippen LogP contribution in [0.3, 0.4) is 0 Å². The topological polar surface area (TPSA) is 75.4 Å². The first kappa shape index (κ1) is 13.3. The van der Waals surface area contributed by atoms with E-state index in [1.807, 2.05) is 4.90 Å². The number of carbonyl (C=O) groups is 2. The monoisotopic (exact) mass is 253 g/mol. The summed E-state index contributed by atoms with van der Waals surface area (Å²) in [6.45, 7) is 4.19. The summed E-state index contributed by atoms with van der Waals surface area (Å²) in [5.41, 5.74) is 5.34. The Morgan fingerprint density at radius 1 is 1.22 bits per heavy atom. The van der Waals surface area contributed by atoms with Crippen LogP contribution in [0.25, 0.3) is 0 Å². The van der Waals surface area contributed by atoms with Gasteiger partial charge in [0, 0.05) is 25.7 Å². The van der Waals surface area contributed by atoms with E-state index in [0.717, 1.165) is 38.8 Å². The Bertz CT molecular complexity index is 324. The van der Waals surface area contributed by atoms with Crippen LogP contribution in [0.2, 0.25) is 0 Å². The van der Waals surface area contributed by atoms with E-state index in [1.165, 1.54) is 0 Å². The van der Waals surface area contributed by atoms with Gasteiger partial charge in [-0.2, -0.15) is 0 Å². The van der Waals surface area contributed by atoms with Crippen molar-refractivity contribution in [2.45, 2.75) is 38.6 Å². The molecule has 0 spiro atoms. The molecule has 5 heteroatoms. The summed E-state index contributed by atoms with van der Waals surface area (Å²) in [5.74, 6) is -0.158. The molecule has 0 aromatic carbocycles. The van der Waals surface area contributed by atoms with Crippen molar-refractivity contribution in [3.8, 4) is 0 Å². The Kier molecular flexibility index (Phi) is 4.22. The molecular formula is C13H23N3O2. The first-order valence-electron chi connectivity index (χ1n) is 6.89. The van der Waals surface area contributed by atoms with Crippen LogP contribution in [0.15, 0.2) is 0 Å². The lowest BCUT2D eigenvalue weighted by Gasteiger charge is -2.36. The molecule has 0 aromatic rings. The van der Waals surface area contributed by atoms with E-state index in [-0.39, 0.29) is 23.7 Å². The van der Waals surface area contributed by atoms with Gasteiger partial charge in [-0.25, -0.2) is 0 Å². The summed E-state index contributed by atoms with van der Waals surface area (Å²) in [4.78, 5) is 25.4. The number of rotatable bonds is 2. The standard InChI is InChI=1S/C13H23N3O2/c1-9-4-5-10(7-15-9)13(18)16-6-2-3-11(8-16)12(14)17/h9-11,15H,2-8H2,1H3,(H2,14,17). The first-order chi connectivity index (χ1) is 8.58. The first-order valence-corrected chi connectivity index (χ1v) is 6.89. The largest absolute Gasteiger partial charge is 0.369 e. The summed E-state index contributed by atoms with van der Waals surface area (Å²) in [7, 11) is 0. The molecule has 2 aliphatic rings. The molecule has 0 saturated carbocycles. The Morgan fingerprint density at radius 2 is 2.00 bits per heavy atom. The van der Waals surface area contributed by atoms with Gasteiger partial charge in [0.15, 0.2) is 0 Å². The molecule has 18 heavy (non-hydrogen) atoms. The molecule has 2 saturated heterocycles. The molecule has 2 rings (SSSR count). The molecule has 2 heterocycles. The van der Waals surface area contributed by atoms with Gasteiger partial charge in [0.2, 0.25) is 11.8 Å². The molecule has 102 valence electrons. The zero-order valence-corrected chi connectivity index (χ0v) is 11.0. The number of nitrogens with two attached hydrogens (primary N) is 1. The molecule has 0 aromatic heterocycles. The molecule has 3 atom stereocenters. The molecule has 2 aliphatic heterocycles. The Labute approximate surface area is 108 Å². The fourth-order valence-electron chi connectivity index (χ4n) is 2.88. The van der Waals surface area contributed by atoms with Crippen LogP contribution < -0.4 is 11.1 Å². The third-order valence-corrected chi connectivity index (χ3v) is 4.15. The predicted molar refractivity (Wildman–Crippen MR) is 68.7 cm³/mol. The van der Waals surface area contributed by atoms with E-state index in [2.05, 4.69) is 12.2 Å². The lowest BCUT2D eigenvalue weighted by molar-refractivity contribution is -0.139. The van der Waals surface area contributed by atoms with Gasteiger partial charge in [0.05, 0.1) is 11.8 Å². The van der Waals surface area contributed by atoms with Crippen LogP contribution in [0.4, 0.5) is 0 Å². The van der Waals surface area contributed by atoms with Gasteiger partial charge in [-0.3, -0.25) is 9.59 Å². The second kappa shape index (κ2) is 5.69. The number of likely N-dealkylation sites (tertiary alicyclic amines) is 1. The normalized spacial score (nSPS) is 33.2. The minimum absolute atomic E-state index is 0.0767. The van der Waals surface area contributed by atoms with Crippen molar-refractivity contribution >= 4 is 11.8 Å². The summed E-state index contributed by atoms with van der Waals surface area (Å²) in [6.07, 6.45) is 3.70. The predicted octanol–water partition coefficient (Wildman–Crippen LogP) is 0.0984.